The number of carbonyl (C=O) groups is 2. The predicted octanol–water partition coefficient (Wildman–Crippen LogP) is 4.06. The molecule has 3 rings (SSSR count). The molecule has 0 spiro atoms. The van der Waals surface area contributed by atoms with Gasteiger partial charge in [0, 0.05) is 10.9 Å². The van der Waals surface area contributed by atoms with Crippen LogP contribution in [-0.2, 0) is 9.53 Å². The smallest absolute Gasteiger partial charge is 0.316 e. The number of para-hydroxylation sites is 1. The van der Waals surface area contributed by atoms with Crippen LogP contribution in [0.25, 0.3) is 10.9 Å². The Morgan fingerprint density at radius 1 is 1.04 bits per heavy atom. The standard InChI is InChI=1S/C20H17NO3S/c1-14-11-19(21-17-10-6-5-9-16(14)17)25-13-20(23)24-12-18(22)15-7-3-2-4-8-15/h2-11H,12-13H2,1H3. The lowest BCUT2D eigenvalue weighted by molar-refractivity contribution is -0.139. The molecule has 0 N–H and O–H groups in total. The Kier molecular flexibility index (Phi) is 5.46. The van der Waals surface area contributed by atoms with Crippen molar-refractivity contribution in [3.8, 4) is 0 Å². The summed E-state index contributed by atoms with van der Waals surface area (Å²) < 4.78 is 5.06. The van der Waals surface area contributed by atoms with Gasteiger partial charge in [-0.3, -0.25) is 9.59 Å². The molecule has 5 heteroatoms. The maximum absolute atomic E-state index is 11.9. The van der Waals surface area contributed by atoms with E-state index in [2.05, 4.69) is 4.98 Å². The average molecular weight is 351 g/mol. The Bertz CT molecular complexity index is 909. The highest BCUT2D eigenvalue weighted by Gasteiger charge is 2.11. The molecule has 3 aromatic rings. The number of nitrogens with zero attached hydrogens (tertiary/aromatic N) is 1. The van der Waals surface area contributed by atoms with Crippen LogP contribution in [0.5, 0.6) is 0 Å². The molecule has 0 unspecified atom stereocenters. The van der Waals surface area contributed by atoms with Crippen molar-refractivity contribution in [2.75, 3.05) is 12.4 Å². The summed E-state index contributed by atoms with van der Waals surface area (Å²) in [5, 5.41) is 1.87. The first-order chi connectivity index (χ1) is 12.1. The van der Waals surface area contributed by atoms with Gasteiger partial charge in [0.05, 0.1) is 16.3 Å². The molecule has 0 radical (unpaired) electrons. The van der Waals surface area contributed by atoms with Gasteiger partial charge in [0.2, 0.25) is 0 Å². The van der Waals surface area contributed by atoms with Crippen molar-refractivity contribution in [1.82, 2.24) is 4.98 Å². The highest BCUT2D eigenvalue weighted by molar-refractivity contribution is 7.99. The van der Waals surface area contributed by atoms with Gasteiger partial charge < -0.3 is 4.74 Å². The Hall–Kier alpha value is -2.66. The second-order valence-corrected chi connectivity index (χ2v) is 6.53. The van der Waals surface area contributed by atoms with Crippen LogP contribution in [0.3, 0.4) is 0 Å². The summed E-state index contributed by atoms with van der Waals surface area (Å²) in [6.45, 7) is 1.78. The second kappa shape index (κ2) is 7.94. The van der Waals surface area contributed by atoms with Crippen molar-refractivity contribution >= 4 is 34.4 Å². The molecule has 2 aromatic carbocycles. The fourth-order valence-electron chi connectivity index (χ4n) is 2.42. The van der Waals surface area contributed by atoms with Crippen molar-refractivity contribution in [3.05, 3.63) is 71.8 Å². The first kappa shape index (κ1) is 17.2. The molecule has 0 aliphatic carbocycles. The topological polar surface area (TPSA) is 56.3 Å². The number of benzene rings is 2. The molecule has 1 heterocycles. The van der Waals surface area contributed by atoms with Crippen molar-refractivity contribution in [3.63, 3.8) is 0 Å². The number of hydrogen-bond acceptors (Lipinski definition) is 5. The van der Waals surface area contributed by atoms with Gasteiger partial charge in [-0.2, -0.15) is 0 Å². The number of ether oxygens (including phenoxy) is 1. The third kappa shape index (κ3) is 4.45. The molecule has 126 valence electrons. The molecular formula is C20H17NO3S. The van der Waals surface area contributed by atoms with Gasteiger partial charge in [0.15, 0.2) is 12.4 Å². The van der Waals surface area contributed by atoms with E-state index in [0.717, 1.165) is 21.5 Å². The van der Waals surface area contributed by atoms with Gasteiger partial charge in [-0.25, -0.2) is 4.98 Å². The SMILES string of the molecule is Cc1cc(SCC(=O)OCC(=O)c2ccccc2)nc2ccccc12. The molecular weight excluding hydrogens is 334 g/mol. The number of thioether (sulfide) groups is 1. The summed E-state index contributed by atoms with van der Waals surface area (Å²) in [6, 6.07) is 18.6. The van der Waals surface area contributed by atoms with Crippen molar-refractivity contribution < 1.29 is 14.3 Å². The highest BCUT2D eigenvalue weighted by Crippen LogP contribution is 2.23. The van der Waals surface area contributed by atoms with Crippen LogP contribution in [0.2, 0.25) is 0 Å². The van der Waals surface area contributed by atoms with E-state index in [9.17, 15) is 9.59 Å². The lowest BCUT2D eigenvalue weighted by Crippen LogP contribution is -2.15. The van der Waals surface area contributed by atoms with E-state index in [1.54, 1.807) is 24.3 Å². The molecule has 0 fully saturated rings. The zero-order chi connectivity index (χ0) is 17.6. The van der Waals surface area contributed by atoms with Gasteiger partial charge >= 0.3 is 5.97 Å². The van der Waals surface area contributed by atoms with Gasteiger partial charge in [0.25, 0.3) is 0 Å². The van der Waals surface area contributed by atoms with Crippen LogP contribution in [0, 0.1) is 6.92 Å². The fraction of sp³-hybridized carbons (Fsp3) is 0.150. The van der Waals surface area contributed by atoms with Crippen LogP contribution in [0.1, 0.15) is 15.9 Å². The molecule has 0 saturated heterocycles. The molecule has 1 aromatic heterocycles. The van der Waals surface area contributed by atoms with Gasteiger partial charge in [-0.05, 0) is 24.6 Å². The van der Waals surface area contributed by atoms with Crippen LogP contribution in [0.15, 0.2) is 65.7 Å². The number of hydrogen-bond donors (Lipinski definition) is 0. The number of Topliss-reactive ketones (excluding diaryl/α,β-unsaturated/α-hetero) is 1. The predicted molar refractivity (Wildman–Crippen MR) is 98.9 cm³/mol. The summed E-state index contributed by atoms with van der Waals surface area (Å²) >= 11 is 1.31. The first-order valence-corrected chi connectivity index (χ1v) is 8.85. The van der Waals surface area contributed by atoms with Crippen LogP contribution in [0.4, 0.5) is 0 Å². The third-order valence-corrected chi connectivity index (χ3v) is 4.58. The van der Waals surface area contributed by atoms with E-state index in [4.69, 9.17) is 4.74 Å². The van der Waals surface area contributed by atoms with Gasteiger partial charge in [0.1, 0.15) is 0 Å². The Morgan fingerprint density at radius 2 is 1.76 bits per heavy atom. The van der Waals surface area contributed by atoms with Gasteiger partial charge in [-0.1, -0.05) is 60.3 Å². The average Bonchev–Trinajstić information content (AvgIpc) is 2.65. The number of fused-ring (bicyclic) bond motifs is 1. The number of esters is 1. The number of aromatic nitrogens is 1. The first-order valence-electron chi connectivity index (χ1n) is 7.86. The van der Waals surface area contributed by atoms with Crippen LogP contribution < -0.4 is 0 Å². The molecule has 0 amide bonds. The summed E-state index contributed by atoms with van der Waals surface area (Å²) in [5.74, 6) is -0.521. The van der Waals surface area contributed by atoms with E-state index >= 15 is 0 Å². The highest BCUT2D eigenvalue weighted by atomic mass is 32.2. The molecule has 0 bridgehead atoms. The van der Waals surface area contributed by atoms with E-state index < -0.39 is 5.97 Å². The van der Waals surface area contributed by atoms with Crippen molar-refractivity contribution in [2.24, 2.45) is 0 Å². The van der Waals surface area contributed by atoms with Crippen LogP contribution >= 0.6 is 11.8 Å². The normalized spacial score (nSPS) is 10.6. The molecule has 0 aliphatic rings. The summed E-state index contributed by atoms with van der Waals surface area (Å²) in [5.41, 5.74) is 2.55. The maximum Gasteiger partial charge on any atom is 0.316 e. The quantitative estimate of drug-likeness (QED) is 0.381. The summed E-state index contributed by atoms with van der Waals surface area (Å²) in [6.07, 6.45) is 0. The van der Waals surface area contributed by atoms with E-state index in [1.165, 1.54) is 11.8 Å². The zero-order valence-corrected chi connectivity index (χ0v) is 14.6. The van der Waals surface area contributed by atoms with Crippen molar-refractivity contribution in [2.45, 2.75) is 11.9 Å². The molecule has 0 atom stereocenters. The number of ketones is 1. The minimum absolute atomic E-state index is 0.118. The monoisotopic (exact) mass is 351 g/mol. The van der Waals surface area contributed by atoms with Crippen LogP contribution in [-0.4, -0.2) is 29.1 Å². The Morgan fingerprint density at radius 3 is 2.56 bits per heavy atom. The zero-order valence-electron chi connectivity index (χ0n) is 13.8. The molecule has 0 saturated carbocycles. The number of rotatable bonds is 6. The van der Waals surface area contributed by atoms with E-state index in [0.29, 0.717) is 5.56 Å². The minimum Gasteiger partial charge on any atom is -0.457 e. The lowest BCUT2D eigenvalue weighted by atomic mass is 10.1. The lowest BCUT2D eigenvalue weighted by Gasteiger charge is -2.07. The van der Waals surface area contributed by atoms with E-state index in [-0.39, 0.29) is 18.1 Å². The number of aryl methyl sites for hydroxylation is 1. The fourth-order valence-corrected chi connectivity index (χ4v) is 3.19. The Labute approximate surface area is 150 Å². The maximum atomic E-state index is 11.9. The molecule has 25 heavy (non-hydrogen) atoms. The minimum atomic E-state index is -0.429. The Balaban J connectivity index is 1.55. The third-order valence-electron chi connectivity index (χ3n) is 3.70. The number of carbonyl (C=O) groups excluding carboxylic acids is 2. The number of pyridine rings is 1. The second-order valence-electron chi connectivity index (χ2n) is 5.53. The molecule has 0 aliphatic heterocycles. The summed E-state index contributed by atoms with van der Waals surface area (Å²) in [4.78, 5) is 28.3. The van der Waals surface area contributed by atoms with Crippen molar-refractivity contribution in [1.29, 1.82) is 0 Å². The van der Waals surface area contributed by atoms with E-state index in [1.807, 2.05) is 43.3 Å². The van der Waals surface area contributed by atoms with Gasteiger partial charge in [-0.15, -0.1) is 0 Å². The molecule has 4 nitrogen and oxygen atoms in total. The largest absolute Gasteiger partial charge is 0.457 e. The summed E-state index contributed by atoms with van der Waals surface area (Å²) in [7, 11) is 0.